The van der Waals surface area contributed by atoms with Crippen molar-refractivity contribution in [3.05, 3.63) is 42.5 Å². The molecule has 1 aromatic heterocycles. The van der Waals surface area contributed by atoms with Gasteiger partial charge in [0.05, 0.1) is 18.4 Å². The van der Waals surface area contributed by atoms with Gasteiger partial charge in [0.15, 0.2) is 4.34 Å². The predicted molar refractivity (Wildman–Crippen MR) is 95.7 cm³/mol. The van der Waals surface area contributed by atoms with Crippen LogP contribution in [0.15, 0.2) is 41.3 Å². The normalized spacial score (nSPS) is 10.0. The second kappa shape index (κ2) is 9.04. The Hall–Kier alpha value is -2.39. The van der Waals surface area contributed by atoms with Crippen LogP contribution in [0, 0.1) is 0 Å². The summed E-state index contributed by atoms with van der Waals surface area (Å²) >= 11 is 2.69. The van der Waals surface area contributed by atoms with Crippen LogP contribution < -0.4 is 10.6 Å². The standard InChI is InChI=1S/C15H16N4O3S2/c1-3-8-16-14-18-19-15(24-14)23-9-12(20)17-11-6-4-10(5-7-11)13(21)22-2/h3-7H,1,8-9H2,2H3,(H,16,18)(H,17,20). The molecule has 0 saturated heterocycles. The second-order valence-corrected chi connectivity index (χ2v) is 6.65. The maximum absolute atomic E-state index is 11.9. The van der Waals surface area contributed by atoms with E-state index in [0.29, 0.717) is 27.3 Å². The first kappa shape index (κ1) is 18.0. The van der Waals surface area contributed by atoms with Gasteiger partial charge in [0.2, 0.25) is 11.0 Å². The lowest BCUT2D eigenvalue weighted by atomic mass is 10.2. The van der Waals surface area contributed by atoms with Gasteiger partial charge in [-0.05, 0) is 24.3 Å². The van der Waals surface area contributed by atoms with Crippen molar-refractivity contribution in [2.24, 2.45) is 0 Å². The van der Waals surface area contributed by atoms with Crippen LogP contribution in [0.4, 0.5) is 10.8 Å². The SMILES string of the molecule is C=CCNc1nnc(SCC(=O)Nc2ccc(C(=O)OC)cc2)s1. The fraction of sp³-hybridized carbons (Fsp3) is 0.200. The number of carbonyl (C=O) groups is 2. The zero-order valence-corrected chi connectivity index (χ0v) is 14.6. The summed E-state index contributed by atoms with van der Waals surface area (Å²) < 4.78 is 5.33. The van der Waals surface area contributed by atoms with Crippen LogP contribution in [0.5, 0.6) is 0 Å². The molecule has 7 nitrogen and oxygen atoms in total. The topological polar surface area (TPSA) is 93.2 Å². The van der Waals surface area contributed by atoms with Crippen LogP contribution in [0.25, 0.3) is 0 Å². The average molecular weight is 364 g/mol. The molecule has 0 atom stereocenters. The van der Waals surface area contributed by atoms with E-state index in [4.69, 9.17) is 0 Å². The van der Waals surface area contributed by atoms with Gasteiger partial charge in [-0.3, -0.25) is 4.79 Å². The highest BCUT2D eigenvalue weighted by atomic mass is 32.2. The molecule has 1 amide bonds. The molecule has 0 radical (unpaired) electrons. The molecule has 2 N–H and O–H groups in total. The Morgan fingerprint density at radius 1 is 1.33 bits per heavy atom. The van der Waals surface area contributed by atoms with Crippen LogP contribution in [-0.2, 0) is 9.53 Å². The Morgan fingerprint density at radius 3 is 2.75 bits per heavy atom. The molecule has 1 heterocycles. The summed E-state index contributed by atoms with van der Waals surface area (Å²) in [5.74, 6) is -0.364. The molecule has 0 bridgehead atoms. The number of aromatic nitrogens is 2. The Balaban J connectivity index is 1.81. The van der Waals surface area contributed by atoms with E-state index >= 15 is 0 Å². The van der Waals surface area contributed by atoms with E-state index in [1.165, 1.54) is 30.2 Å². The molecule has 126 valence electrons. The fourth-order valence-corrected chi connectivity index (χ4v) is 3.19. The number of rotatable bonds is 8. The van der Waals surface area contributed by atoms with Crippen LogP contribution in [0.2, 0.25) is 0 Å². The number of hydrogen-bond acceptors (Lipinski definition) is 8. The summed E-state index contributed by atoms with van der Waals surface area (Å²) in [4.78, 5) is 23.3. The summed E-state index contributed by atoms with van der Waals surface area (Å²) in [7, 11) is 1.32. The third-order valence-corrected chi connectivity index (χ3v) is 4.73. The quantitative estimate of drug-likeness (QED) is 0.422. The maximum Gasteiger partial charge on any atom is 0.337 e. The Labute approximate surface area is 147 Å². The number of hydrogen-bond donors (Lipinski definition) is 2. The first-order chi connectivity index (χ1) is 11.6. The van der Waals surface area contributed by atoms with Crippen molar-refractivity contribution in [1.29, 1.82) is 0 Å². The van der Waals surface area contributed by atoms with Crippen molar-refractivity contribution < 1.29 is 14.3 Å². The number of thioether (sulfide) groups is 1. The molecule has 0 aliphatic carbocycles. The molecule has 0 unspecified atom stereocenters. The summed E-state index contributed by atoms with van der Waals surface area (Å²) in [5.41, 5.74) is 1.04. The Bertz CT molecular complexity index is 716. The van der Waals surface area contributed by atoms with Crippen molar-refractivity contribution in [3.63, 3.8) is 0 Å². The minimum absolute atomic E-state index is 0.165. The number of ether oxygens (including phenoxy) is 1. The molecular formula is C15H16N4O3S2. The third-order valence-electron chi connectivity index (χ3n) is 2.72. The molecule has 24 heavy (non-hydrogen) atoms. The number of anilines is 2. The van der Waals surface area contributed by atoms with Crippen LogP contribution in [0.1, 0.15) is 10.4 Å². The minimum Gasteiger partial charge on any atom is -0.465 e. The number of amides is 1. The summed E-state index contributed by atoms with van der Waals surface area (Å²) in [6, 6.07) is 6.49. The first-order valence-corrected chi connectivity index (χ1v) is 8.72. The Kier molecular flexibility index (Phi) is 6.76. The number of carbonyl (C=O) groups excluding carboxylic acids is 2. The predicted octanol–water partition coefficient (Wildman–Crippen LogP) is 2.65. The average Bonchev–Trinajstić information content (AvgIpc) is 3.06. The molecule has 0 spiro atoms. The minimum atomic E-state index is -0.416. The summed E-state index contributed by atoms with van der Waals surface area (Å²) in [6.07, 6.45) is 1.73. The highest BCUT2D eigenvalue weighted by Crippen LogP contribution is 2.25. The number of nitrogens with one attached hydrogen (secondary N) is 2. The largest absolute Gasteiger partial charge is 0.465 e. The van der Waals surface area contributed by atoms with Crippen LogP contribution >= 0.6 is 23.1 Å². The van der Waals surface area contributed by atoms with Crippen molar-refractivity contribution in [2.45, 2.75) is 4.34 Å². The van der Waals surface area contributed by atoms with E-state index in [1.807, 2.05) is 0 Å². The highest BCUT2D eigenvalue weighted by Gasteiger charge is 2.09. The fourth-order valence-electron chi connectivity index (χ4n) is 1.63. The molecule has 0 fully saturated rings. The van der Waals surface area contributed by atoms with Crippen LogP contribution in [0.3, 0.4) is 0 Å². The lowest BCUT2D eigenvalue weighted by molar-refractivity contribution is -0.113. The van der Waals surface area contributed by atoms with Crippen molar-refractivity contribution >= 4 is 45.8 Å². The number of nitrogens with zero attached hydrogens (tertiary/aromatic N) is 2. The van der Waals surface area contributed by atoms with Gasteiger partial charge in [-0.2, -0.15) is 0 Å². The lowest BCUT2D eigenvalue weighted by Gasteiger charge is -2.05. The molecule has 0 aliphatic heterocycles. The summed E-state index contributed by atoms with van der Waals surface area (Å²) in [6.45, 7) is 4.22. The van der Waals surface area contributed by atoms with Gasteiger partial charge in [0.25, 0.3) is 0 Å². The van der Waals surface area contributed by atoms with E-state index in [1.54, 1.807) is 30.3 Å². The molecule has 0 saturated carbocycles. The molecule has 2 rings (SSSR count). The van der Waals surface area contributed by atoms with Gasteiger partial charge < -0.3 is 15.4 Å². The molecular weight excluding hydrogens is 348 g/mol. The van der Waals surface area contributed by atoms with Gasteiger partial charge in [-0.1, -0.05) is 29.2 Å². The third kappa shape index (κ3) is 5.36. The highest BCUT2D eigenvalue weighted by molar-refractivity contribution is 8.01. The zero-order valence-electron chi connectivity index (χ0n) is 12.9. The number of methoxy groups -OCH3 is 1. The maximum atomic E-state index is 11.9. The molecule has 0 aliphatic rings. The van der Waals surface area contributed by atoms with E-state index in [9.17, 15) is 9.59 Å². The van der Waals surface area contributed by atoms with Gasteiger partial charge in [0, 0.05) is 12.2 Å². The smallest absolute Gasteiger partial charge is 0.337 e. The first-order valence-electron chi connectivity index (χ1n) is 6.91. The molecule has 9 heteroatoms. The van der Waals surface area contributed by atoms with E-state index < -0.39 is 5.97 Å². The van der Waals surface area contributed by atoms with Crippen molar-refractivity contribution in [1.82, 2.24) is 10.2 Å². The summed E-state index contributed by atoms with van der Waals surface area (Å²) in [5, 5.41) is 14.4. The van der Waals surface area contributed by atoms with Gasteiger partial charge in [-0.25, -0.2) is 4.79 Å². The van der Waals surface area contributed by atoms with Gasteiger partial charge in [0.1, 0.15) is 0 Å². The van der Waals surface area contributed by atoms with E-state index in [2.05, 4.69) is 32.1 Å². The Morgan fingerprint density at radius 2 is 2.08 bits per heavy atom. The molecule has 2 aromatic rings. The van der Waals surface area contributed by atoms with Gasteiger partial charge >= 0.3 is 5.97 Å². The van der Waals surface area contributed by atoms with Crippen molar-refractivity contribution in [2.75, 3.05) is 30.0 Å². The monoisotopic (exact) mass is 364 g/mol. The molecule has 1 aromatic carbocycles. The lowest BCUT2D eigenvalue weighted by Crippen LogP contribution is -2.14. The van der Waals surface area contributed by atoms with Crippen LogP contribution in [-0.4, -0.2) is 41.5 Å². The van der Waals surface area contributed by atoms with Crippen molar-refractivity contribution in [3.8, 4) is 0 Å². The number of benzene rings is 1. The van der Waals surface area contributed by atoms with Gasteiger partial charge in [-0.15, -0.1) is 16.8 Å². The zero-order chi connectivity index (χ0) is 17.4. The number of esters is 1. The van der Waals surface area contributed by atoms with E-state index in [0.717, 1.165) is 0 Å². The second-order valence-electron chi connectivity index (χ2n) is 4.45. The van der Waals surface area contributed by atoms with E-state index in [-0.39, 0.29) is 11.7 Å².